The lowest BCUT2D eigenvalue weighted by atomic mass is 10.1. The Morgan fingerprint density at radius 1 is 1.26 bits per heavy atom. The van der Waals surface area contributed by atoms with Crippen molar-refractivity contribution in [1.29, 1.82) is 0 Å². The number of nitrogens with zero attached hydrogens (tertiary/aromatic N) is 3. The Labute approximate surface area is 159 Å². The van der Waals surface area contributed by atoms with Crippen LogP contribution in [0.4, 0.5) is 0 Å². The largest absolute Gasteiger partial charge is 0.459 e. The van der Waals surface area contributed by atoms with Gasteiger partial charge in [0.2, 0.25) is 5.91 Å². The molecule has 1 fully saturated rings. The van der Waals surface area contributed by atoms with Crippen LogP contribution in [-0.4, -0.2) is 58.3 Å². The summed E-state index contributed by atoms with van der Waals surface area (Å²) in [6.07, 6.45) is 5.57. The molecule has 0 aliphatic carbocycles. The molecule has 1 saturated heterocycles. The minimum absolute atomic E-state index is 0.103. The number of likely N-dealkylation sites (N-methyl/N-ethyl adjacent to an activating group) is 1. The number of amides is 2. The molecule has 27 heavy (non-hydrogen) atoms. The summed E-state index contributed by atoms with van der Waals surface area (Å²) in [7, 11) is 0. The molecule has 3 rings (SSSR count). The first-order valence-corrected chi connectivity index (χ1v) is 9.38. The van der Waals surface area contributed by atoms with E-state index in [9.17, 15) is 9.59 Å². The van der Waals surface area contributed by atoms with Gasteiger partial charge in [0.1, 0.15) is 0 Å². The first-order chi connectivity index (χ1) is 13.1. The third-order valence-electron chi connectivity index (χ3n) is 4.98. The Hall–Kier alpha value is -2.67. The number of aromatic nitrogens is 1. The molecular formula is C20H26N4O3. The van der Waals surface area contributed by atoms with E-state index in [-0.39, 0.29) is 29.7 Å². The average molecular weight is 370 g/mol. The van der Waals surface area contributed by atoms with Crippen LogP contribution < -0.4 is 5.32 Å². The van der Waals surface area contributed by atoms with Crippen LogP contribution in [-0.2, 0) is 11.3 Å². The highest BCUT2D eigenvalue weighted by Crippen LogP contribution is 2.23. The Balaban J connectivity index is 1.73. The van der Waals surface area contributed by atoms with Gasteiger partial charge in [-0.2, -0.15) is 0 Å². The predicted molar refractivity (Wildman–Crippen MR) is 101 cm³/mol. The molecule has 3 heterocycles. The number of nitrogens with one attached hydrogen (secondary N) is 1. The first-order valence-electron chi connectivity index (χ1n) is 9.38. The molecular weight excluding hydrogens is 344 g/mol. The summed E-state index contributed by atoms with van der Waals surface area (Å²) in [6, 6.07) is 6.87. The average Bonchev–Trinajstić information content (AvgIpc) is 3.34. The zero-order valence-corrected chi connectivity index (χ0v) is 15.8. The van der Waals surface area contributed by atoms with Crippen LogP contribution in [0.25, 0.3) is 0 Å². The standard InChI is InChI=1S/C20H26N4O3/c1-3-23(4-2)20(26)17-12-16(22-19(25)18-6-5-11-27-18)14-24(17)13-15-7-9-21-10-8-15/h5-11,16-17H,3-4,12-14H2,1-2H3,(H,22,25)/t16-,17-/m0/s1. The van der Waals surface area contributed by atoms with Crippen molar-refractivity contribution in [2.24, 2.45) is 0 Å². The van der Waals surface area contributed by atoms with Crippen LogP contribution in [0.15, 0.2) is 47.3 Å². The number of hydrogen-bond donors (Lipinski definition) is 1. The van der Waals surface area contributed by atoms with E-state index in [4.69, 9.17) is 4.42 Å². The van der Waals surface area contributed by atoms with E-state index < -0.39 is 0 Å². The fourth-order valence-corrected chi connectivity index (χ4v) is 3.57. The number of furan rings is 1. The molecule has 0 radical (unpaired) electrons. The maximum Gasteiger partial charge on any atom is 0.287 e. The van der Waals surface area contributed by atoms with Crippen molar-refractivity contribution in [3.63, 3.8) is 0 Å². The van der Waals surface area contributed by atoms with E-state index in [1.807, 2.05) is 30.9 Å². The zero-order chi connectivity index (χ0) is 19.2. The highest BCUT2D eigenvalue weighted by molar-refractivity contribution is 5.91. The normalized spacial score (nSPS) is 19.8. The second-order valence-corrected chi connectivity index (χ2v) is 6.69. The van der Waals surface area contributed by atoms with Crippen LogP contribution in [0.3, 0.4) is 0 Å². The molecule has 7 nitrogen and oxygen atoms in total. The van der Waals surface area contributed by atoms with Crippen molar-refractivity contribution in [2.45, 2.75) is 38.9 Å². The molecule has 0 bridgehead atoms. The quantitative estimate of drug-likeness (QED) is 0.806. The number of carbonyl (C=O) groups is 2. The van der Waals surface area contributed by atoms with Gasteiger partial charge in [-0.25, -0.2) is 0 Å². The smallest absolute Gasteiger partial charge is 0.287 e. The van der Waals surface area contributed by atoms with E-state index in [1.165, 1.54) is 6.26 Å². The monoisotopic (exact) mass is 370 g/mol. The van der Waals surface area contributed by atoms with E-state index >= 15 is 0 Å². The number of carbonyl (C=O) groups excluding carboxylic acids is 2. The van der Waals surface area contributed by atoms with Gasteiger partial charge < -0.3 is 14.6 Å². The summed E-state index contributed by atoms with van der Waals surface area (Å²) in [5.41, 5.74) is 1.10. The SMILES string of the molecule is CCN(CC)C(=O)[C@@H]1C[C@H](NC(=O)c2ccco2)CN1Cc1ccncc1. The molecule has 0 aromatic carbocycles. The third-order valence-corrected chi connectivity index (χ3v) is 4.98. The number of hydrogen-bond acceptors (Lipinski definition) is 5. The second-order valence-electron chi connectivity index (χ2n) is 6.69. The molecule has 1 aliphatic heterocycles. The van der Waals surface area contributed by atoms with Gasteiger partial charge in [0.05, 0.1) is 12.3 Å². The summed E-state index contributed by atoms with van der Waals surface area (Å²) in [4.78, 5) is 33.4. The van der Waals surface area contributed by atoms with Crippen LogP contribution in [0.5, 0.6) is 0 Å². The van der Waals surface area contributed by atoms with Crippen LogP contribution >= 0.6 is 0 Å². The first kappa shape index (κ1) is 19.1. The maximum absolute atomic E-state index is 13.0. The molecule has 1 aliphatic rings. The highest BCUT2D eigenvalue weighted by atomic mass is 16.3. The zero-order valence-electron chi connectivity index (χ0n) is 15.8. The number of likely N-dealkylation sites (tertiary alicyclic amines) is 1. The van der Waals surface area contributed by atoms with Crippen molar-refractivity contribution in [3.05, 3.63) is 54.2 Å². The van der Waals surface area contributed by atoms with Gasteiger partial charge in [-0.15, -0.1) is 0 Å². The summed E-state index contributed by atoms with van der Waals surface area (Å²) in [5.74, 6) is 0.155. The molecule has 0 spiro atoms. The van der Waals surface area contributed by atoms with Gasteiger partial charge in [0.25, 0.3) is 5.91 Å². The molecule has 144 valence electrons. The molecule has 0 saturated carbocycles. The number of pyridine rings is 1. The van der Waals surface area contributed by atoms with E-state index in [2.05, 4.69) is 15.2 Å². The third kappa shape index (κ3) is 4.54. The minimum atomic E-state index is -0.250. The van der Waals surface area contributed by atoms with E-state index in [0.29, 0.717) is 32.6 Å². The fraction of sp³-hybridized carbons (Fsp3) is 0.450. The molecule has 2 atom stereocenters. The summed E-state index contributed by atoms with van der Waals surface area (Å²) >= 11 is 0. The summed E-state index contributed by atoms with van der Waals surface area (Å²) < 4.78 is 5.17. The fourth-order valence-electron chi connectivity index (χ4n) is 3.57. The predicted octanol–water partition coefficient (Wildman–Crippen LogP) is 1.92. The minimum Gasteiger partial charge on any atom is -0.459 e. The topological polar surface area (TPSA) is 78.7 Å². The van der Waals surface area contributed by atoms with Gasteiger partial charge >= 0.3 is 0 Å². The second kappa shape index (κ2) is 8.81. The number of rotatable bonds is 7. The van der Waals surface area contributed by atoms with Crippen molar-refractivity contribution in [2.75, 3.05) is 19.6 Å². The molecule has 1 N–H and O–H groups in total. The molecule has 0 unspecified atom stereocenters. The van der Waals surface area contributed by atoms with Gasteiger partial charge in [0.15, 0.2) is 5.76 Å². The van der Waals surface area contributed by atoms with Gasteiger partial charge in [-0.05, 0) is 50.1 Å². The van der Waals surface area contributed by atoms with Crippen molar-refractivity contribution < 1.29 is 14.0 Å². The maximum atomic E-state index is 13.0. The van der Waals surface area contributed by atoms with Crippen LogP contribution in [0.1, 0.15) is 36.4 Å². The van der Waals surface area contributed by atoms with Crippen LogP contribution in [0.2, 0.25) is 0 Å². The Bertz CT molecular complexity index is 744. The van der Waals surface area contributed by atoms with Gasteiger partial charge in [-0.1, -0.05) is 0 Å². The Kier molecular flexibility index (Phi) is 6.24. The molecule has 2 amide bonds. The van der Waals surface area contributed by atoms with E-state index in [1.54, 1.807) is 24.5 Å². The summed E-state index contributed by atoms with van der Waals surface area (Å²) in [5, 5.41) is 3.00. The summed E-state index contributed by atoms with van der Waals surface area (Å²) in [6.45, 7) is 6.59. The molecule has 7 heteroatoms. The lowest BCUT2D eigenvalue weighted by molar-refractivity contribution is -0.135. The van der Waals surface area contributed by atoms with Gasteiger partial charge in [0, 0.05) is 44.6 Å². The Morgan fingerprint density at radius 2 is 2.00 bits per heavy atom. The van der Waals surface area contributed by atoms with Crippen LogP contribution in [0, 0.1) is 0 Å². The lowest BCUT2D eigenvalue weighted by Gasteiger charge is -2.28. The van der Waals surface area contributed by atoms with Gasteiger partial charge in [-0.3, -0.25) is 19.5 Å². The molecule has 2 aromatic rings. The van der Waals surface area contributed by atoms with Crippen molar-refractivity contribution in [3.8, 4) is 0 Å². The van der Waals surface area contributed by atoms with Crippen molar-refractivity contribution in [1.82, 2.24) is 20.1 Å². The Morgan fingerprint density at radius 3 is 2.63 bits per heavy atom. The highest BCUT2D eigenvalue weighted by Gasteiger charge is 2.39. The molecule has 2 aromatic heterocycles. The lowest BCUT2D eigenvalue weighted by Crippen LogP contribution is -2.45. The van der Waals surface area contributed by atoms with Crippen molar-refractivity contribution >= 4 is 11.8 Å². The van der Waals surface area contributed by atoms with E-state index in [0.717, 1.165) is 5.56 Å².